The number of aryl methyl sites for hydroxylation is 1. The van der Waals surface area contributed by atoms with Crippen molar-refractivity contribution >= 4 is 12.2 Å². The zero-order valence-corrected chi connectivity index (χ0v) is 9.37. The first-order valence-electron chi connectivity index (χ1n) is 4.73. The molecule has 0 bridgehead atoms. The van der Waals surface area contributed by atoms with E-state index in [2.05, 4.69) is 4.98 Å². The predicted octanol–water partition coefficient (Wildman–Crippen LogP) is 4.00. The van der Waals surface area contributed by atoms with Crippen LogP contribution in [-0.2, 0) is 0 Å². The minimum atomic E-state index is -0.597. The second-order valence-electron chi connectivity index (χ2n) is 3.49. The Morgan fingerprint density at radius 3 is 2.62 bits per heavy atom. The summed E-state index contributed by atoms with van der Waals surface area (Å²) >= 11 is 4.95. The summed E-state index contributed by atoms with van der Waals surface area (Å²) in [7, 11) is 0. The Balaban J connectivity index is 2.73. The molecule has 0 unspecified atom stereocenters. The molecule has 0 aliphatic carbocycles. The van der Waals surface area contributed by atoms with Crippen molar-refractivity contribution in [2.45, 2.75) is 6.92 Å². The molecule has 0 amide bonds. The Morgan fingerprint density at radius 2 is 1.94 bits per heavy atom. The number of hydrogen-bond acceptors (Lipinski definition) is 1. The van der Waals surface area contributed by atoms with Crippen molar-refractivity contribution in [3.8, 4) is 11.3 Å². The number of aromatic nitrogens is 1. The summed E-state index contributed by atoms with van der Waals surface area (Å²) in [6, 6.07) is 5.85. The number of pyridine rings is 1. The molecule has 2 aromatic rings. The van der Waals surface area contributed by atoms with Crippen LogP contribution < -0.4 is 0 Å². The molecule has 1 heterocycles. The van der Waals surface area contributed by atoms with E-state index in [1.165, 1.54) is 18.2 Å². The van der Waals surface area contributed by atoms with E-state index in [-0.39, 0.29) is 5.56 Å². The highest BCUT2D eigenvalue weighted by atomic mass is 32.1. The fourth-order valence-electron chi connectivity index (χ4n) is 1.49. The lowest BCUT2D eigenvalue weighted by atomic mass is 10.1. The molecule has 4 heteroatoms. The Hall–Kier alpha value is -1.55. The van der Waals surface area contributed by atoms with Crippen molar-refractivity contribution < 1.29 is 8.78 Å². The van der Waals surface area contributed by atoms with Crippen LogP contribution in [0.1, 0.15) is 5.56 Å². The van der Waals surface area contributed by atoms with Crippen LogP contribution in [0.15, 0.2) is 30.5 Å². The first-order valence-corrected chi connectivity index (χ1v) is 5.14. The number of benzene rings is 1. The molecule has 1 nitrogen and oxygen atoms in total. The molecule has 16 heavy (non-hydrogen) atoms. The van der Waals surface area contributed by atoms with E-state index in [1.54, 1.807) is 19.2 Å². The van der Waals surface area contributed by atoms with Crippen molar-refractivity contribution in [3.63, 3.8) is 0 Å². The molecule has 0 aliphatic rings. The Kier molecular flexibility index (Phi) is 2.83. The van der Waals surface area contributed by atoms with Gasteiger partial charge in [0.15, 0.2) is 0 Å². The average molecular weight is 237 g/mol. The van der Waals surface area contributed by atoms with Gasteiger partial charge in [0, 0.05) is 10.7 Å². The number of nitrogens with one attached hydrogen (secondary N) is 1. The van der Waals surface area contributed by atoms with Crippen molar-refractivity contribution in [1.82, 2.24) is 4.98 Å². The summed E-state index contributed by atoms with van der Waals surface area (Å²) in [5.74, 6) is -1.16. The Morgan fingerprint density at radius 1 is 1.19 bits per heavy atom. The van der Waals surface area contributed by atoms with Crippen LogP contribution in [0.3, 0.4) is 0 Å². The van der Waals surface area contributed by atoms with Gasteiger partial charge in [-0.25, -0.2) is 8.78 Å². The monoisotopic (exact) mass is 237 g/mol. The maximum atomic E-state index is 13.8. The Bertz CT molecular complexity index is 590. The molecule has 82 valence electrons. The van der Waals surface area contributed by atoms with Gasteiger partial charge in [-0.1, -0.05) is 18.3 Å². The highest BCUT2D eigenvalue weighted by Crippen LogP contribution is 2.26. The molecule has 0 atom stereocenters. The molecule has 0 radical (unpaired) electrons. The summed E-state index contributed by atoms with van der Waals surface area (Å²) in [5.41, 5.74) is 0.692. The fraction of sp³-hybridized carbons (Fsp3) is 0.0833. The molecule has 0 saturated carbocycles. The number of hydrogen-bond donors (Lipinski definition) is 1. The van der Waals surface area contributed by atoms with E-state index in [1.807, 2.05) is 0 Å². The summed E-state index contributed by atoms with van der Waals surface area (Å²) in [5, 5.41) is 0. The van der Waals surface area contributed by atoms with Crippen molar-refractivity contribution in [1.29, 1.82) is 0 Å². The van der Waals surface area contributed by atoms with Crippen LogP contribution in [-0.4, -0.2) is 4.98 Å². The van der Waals surface area contributed by atoms with Gasteiger partial charge in [0.2, 0.25) is 0 Å². The van der Waals surface area contributed by atoms with E-state index in [0.717, 1.165) is 0 Å². The summed E-state index contributed by atoms with van der Waals surface area (Å²) in [6.45, 7) is 1.59. The lowest BCUT2D eigenvalue weighted by molar-refractivity contribution is 0.583. The fourth-order valence-corrected chi connectivity index (χ4v) is 1.68. The van der Waals surface area contributed by atoms with Gasteiger partial charge in [-0.05, 0) is 30.7 Å². The zero-order valence-electron chi connectivity index (χ0n) is 8.55. The second-order valence-corrected chi connectivity index (χ2v) is 3.96. The van der Waals surface area contributed by atoms with Gasteiger partial charge in [-0.3, -0.25) is 0 Å². The number of rotatable bonds is 1. The summed E-state index contributed by atoms with van der Waals surface area (Å²) in [6.07, 6.45) is 1.57. The third-order valence-corrected chi connectivity index (χ3v) is 2.58. The number of halogens is 2. The minimum Gasteiger partial charge on any atom is -0.361 e. The maximum Gasteiger partial charge on any atom is 0.138 e. The zero-order chi connectivity index (χ0) is 11.7. The van der Waals surface area contributed by atoms with E-state index < -0.39 is 11.6 Å². The van der Waals surface area contributed by atoms with Gasteiger partial charge < -0.3 is 4.98 Å². The van der Waals surface area contributed by atoms with Gasteiger partial charge >= 0.3 is 0 Å². The van der Waals surface area contributed by atoms with Gasteiger partial charge in [-0.2, -0.15) is 0 Å². The Labute approximate surface area is 96.8 Å². The standard InChI is InChI=1S/C12H9F2NS/c1-7-2-3-9(13)11(12(7)14)10-6-8(16)4-5-15-10/h2-6H,1H3,(H,15,16). The van der Waals surface area contributed by atoms with Gasteiger partial charge in [-0.15, -0.1) is 0 Å². The first kappa shape index (κ1) is 11.0. The van der Waals surface area contributed by atoms with Crippen LogP contribution >= 0.6 is 12.2 Å². The van der Waals surface area contributed by atoms with Crippen LogP contribution in [0.25, 0.3) is 11.3 Å². The van der Waals surface area contributed by atoms with Gasteiger partial charge in [0.1, 0.15) is 11.6 Å². The second kappa shape index (κ2) is 4.14. The predicted molar refractivity (Wildman–Crippen MR) is 61.7 cm³/mol. The average Bonchev–Trinajstić information content (AvgIpc) is 2.24. The molecule has 1 aromatic heterocycles. The highest BCUT2D eigenvalue weighted by Gasteiger charge is 2.13. The molecule has 1 aromatic carbocycles. The molecule has 0 saturated heterocycles. The van der Waals surface area contributed by atoms with E-state index in [9.17, 15) is 8.78 Å². The smallest absolute Gasteiger partial charge is 0.138 e. The van der Waals surface area contributed by atoms with Gasteiger partial charge in [0.05, 0.1) is 11.3 Å². The third-order valence-electron chi connectivity index (χ3n) is 2.33. The molecular formula is C12H9F2NS. The van der Waals surface area contributed by atoms with Crippen LogP contribution in [0.4, 0.5) is 8.78 Å². The van der Waals surface area contributed by atoms with E-state index in [0.29, 0.717) is 15.8 Å². The molecule has 1 N–H and O–H groups in total. The van der Waals surface area contributed by atoms with Crippen LogP contribution in [0.5, 0.6) is 0 Å². The number of aromatic amines is 1. The lowest BCUT2D eigenvalue weighted by Crippen LogP contribution is -1.95. The molecule has 2 rings (SSSR count). The third kappa shape index (κ3) is 1.88. The molecule has 0 fully saturated rings. The lowest BCUT2D eigenvalue weighted by Gasteiger charge is -2.07. The summed E-state index contributed by atoms with van der Waals surface area (Å²) in [4.78, 5) is 2.79. The minimum absolute atomic E-state index is 0.0632. The summed E-state index contributed by atoms with van der Waals surface area (Å²) < 4.78 is 27.9. The van der Waals surface area contributed by atoms with Crippen molar-refractivity contribution in [2.75, 3.05) is 0 Å². The quantitative estimate of drug-likeness (QED) is 0.741. The maximum absolute atomic E-state index is 13.8. The molecule has 0 spiro atoms. The normalized spacial score (nSPS) is 10.4. The van der Waals surface area contributed by atoms with Crippen LogP contribution in [0.2, 0.25) is 0 Å². The molecular weight excluding hydrogens is 228 g/mol. The van der Waals surface area contributed by atoms with Crippen LogP contribution in [0, 0.1) is 23.1 Å². The topological polar surface area (TPSA) is 15.8 Å². The number of H-pyrrole nitrogens is 1. The van der Waals surface area contributed by atoms with E-state index >= 15 is 0 Å². The molecule has 0 aliphatic heterocycles. The van der Waals surface area contributed by atoms with Crippen molar-refractivity contribution in [2.24, 2.45) is 0 Å². The van der Waals surface area contributed by atoms with Crippen molar-refractivity contribution in [3.05, 3.63) is 52.2 Å². The highest BCUT2D eigenvalue weighted by molar-refractivity contribution is 7.71. The largest absolute Gasteiger partial charge is 0.361 e. The SMILES string of the molecule is Cc1ccc(F)c(-c2cc(=S)cc[nH]2)c1F. The van der Waals surface area contributed by atoms with E-state index in [4.69, 9.17) is 12.2 Å². The van der Waals surface area contributed by atoms with Gasteiger partial charge in [0.25, 0.3) is 0 Å². The first-order chi connectivity index (χ1) is 7.59.